The highest BCUT2D eigenvalue weighted by Gasteiger charge is 2.30. The van der Waals surface area contributed by atoms with E-state index in [1.807, 2.05) is 81.4 Å². The Morgan fingerprint density at radius 2 is 1.55 bits per heavy atom. The molecule has 0 heterocycles. The van der Waals surface area contributed by atoms with Gasteiger partial charge in [0.25, 0.3) is 0 Å². The van der Waals surface area contributed by atoms with Crippen LogP contribution in [-0.4, -0.2) is 29.3 Å². The molecule has 3 rings (SSSR count). The second-order valence-corrected chi connectivity index (χ2v) is 8.86. The Kier molecular flexibility index (Phi) is 8.67. The normalized spacial score (nSPS) is 11.6. The van der Waals surface area contributed by atoms with Gasteiger partial charge in [0.1, 0.15) is 6.04 Å². The minimum atomic E-state index is -0.635. The lowest BCUT2D eigenvalue weighted by molar-refractivity contribution is -0.140. The van der Waals surface area contributed by atoms with Crippen molar-refractivity contribution in [2.24, 2.45) is 0 Å². The molecule has 4 nitrogen and oxygen atoms in total. The number of rotatable bonds is 9. The highest BCUT2D eigenvalue weighted by molar-refractivity contribution is 6.30. The number of carbonyl (C=O) groups excluding carboxylic acids is 2. The van der Waals surface area contributed by atoms with E-state index in [4.69, 9.17) is 11.6 Å². The van der Waals surface area contributed by atoms with Crippen LogP contribution in [0, 0.1) is 13.8 Å². The molecule has 0 radical (unpaired) electrons. The van der Waals surface area contributed by atoms with Crippen LogP contribution in [0.4, 0.5) is 0 Å². The molecule has 5 heteroatoms. The van der Waals surface area contributed by atoms with Gasteiger partial charge in [0, 0.05) is 24.5 Å². The van der Waals surface area contributed by atoms with Crippen LogP contribution < -0.4 is 5.32 Å². The van der Waals surface area contributed by atoms with Gasteiger partial charge in [-0.05, 0) is 49.6 Å². The summed E-state index contributed by atoms with van der Waals surface area (Å²) in [6, 6.07) is 22.8. The fraction of sp³-hybridized carbons (Fsp3) is 0.286. The minimum Gasteiger partial charge on any atom is -0.355 e. The summed E-state index contributed by atoms with van der Waals surface area (Å²) in [5.74, 6) is -0.246. The van der Waals surface area contributed by atoms with Crippen molar-refractivity contribution in [3.05, 3.63) is 106 Å². The second-order valence-electron chi connectivity index (χ2n) is 8.42. The molecule has 0 aliphatic rings. The molecule has 33 heavy (non-hydrogen) atoms. The number of hydrogen-bond donors (Lipinski definition) is 1. The molecule has 1 N–H and O–H groups in total. The van der Waals surface area contributed by atoms with Gasteiger partial charge >= 0.3 is 0 Å². The molecule has 0 aliphatic heterocycles. The third-order valence-electron chi connectivity index (χ3n) is 5.50. The highest BCUT2D eigenvalue weighted by atomic mass is 35.5. The average Bonchev–Trinajstić information content (AvgIpc) is 2.76. The smallest absolute Gasteiger partial charge is 0.243 e. The first-order chi connectivity index (χ1) is 15.9. The fourth-order valence-corrected chi connectivity index (χ4v) is 4.34. The van der Waals surface area contributed by atoms with Crippen molar-refractivity contribution in [1.82, 2.24) is 10.2 Å². The summed E-state index contributed by atoms with van der Waals surface area (Å²) in [5.41, 5.74) is 5.07. The van der Waals surface area contributed by atoms with Gasteiger partial charge in [-0.15, -0.1) is 0 Å². The standard InChI is InChI=1S/C28H31ClN2O2/c1-4-30-28(33)26(17-22-9-6-5-7-10-22)31(19-23-11-8-12-25(29)16-23)27(32)18-24-14-20(2)13-21(3)15-24/h5-16,26H,4,17-19H2,1-3H3,(H,30,33). The number of likely N-dealkylation sites (N-methyl/N-ethyl adjacent to an activating group) is 1. The van der Waals surface area contributed by atoms with Crippen LogP contribution in [-0.2, 0) is 29.0 Å². The zero-order chi connectivity index (χ0) is 23.8. The maximum Gasteiger partial charge on any atom is 0.243 e. The Balaban J connectivity index is 1.97. The van der Waals surface area contributed by atoms with Gasteiger partial charge in [-0.2, -0.15) is 0 Å². The van der Waals surface area contributed by atoms with E-state index in [1.165, 1.54) is 0 Å². The molecule has 172 valence electrons. The van der Waals surface area contributed by atoms with Gasteiger partial charge in [0.15, 0.2) is 0 Å². The Bertz CT molecular complexity index is 1080. The zero-order valence-corrected chi connectivity index (χ0v) is 20.2. The van der Waals surface area contributed by atoms with Crippen molar-refractivity contribution in [1.29, 1.82) is 0 Å². The third kappa shape index (κ3) is 7.19. The lowest BCUT2D eigenvalue weighted by Gasteiger charge is -2.31. The van der Waals surface area contributed by atoms with E-state index < -0.39 is 6.04 Å². The molecule has 0 bridgehead atoms. The number of benzene rings is 3. The molecule has 1 atom stereocenters. The van der Waals surface area contributed by atoms with Gasteiger partial charge in [0.2, 0.25) is 11.8 Å². The van der Waals surface area contributed by atoms with E-state index in [0.717, 1.165) is 27.8 Å². The number of hydrogen-bond acceptors (Lipinski definition) is 2. The summed E-state index contributed by atoms with van der Waals surface area (Å²) in [6.07, 6.45) is 0.666. The molecule has 0 saturated carbocycles. The van der Waals surface area contributed by atoms with Crippen molar-refractivity contribution in [2.75, 3.05) is 6.54 Å². The van der Waals surface area contributed by atoms with Crippen LogP contribution in [0.25, 0.3) is 0 Å². The topological polar surface area (TPSA) is 49.4 Å². The lowest BCUT2D eigenvalue weighted by atomic mass is 10.0. The number of halogens is 1. The maximum absolute atomic E-state index is 13.7. The first-order valence-corrected chi connectivity index (χ1v) is 11.7. The van der Waals surface area contributed by atoms with E-state index in [2.05, 4.69) is 11.4 Å². The molecule has 1 unspecified atom stereocenters. The number of nitrogens with zero attached hydrogens (tertiary/aromatic N) is 1. The predicted molar refractivity (Wildman–Crippen MR) is 134 cm³/mol. The number of carbonyl (C=O) groups is 2. The SMILES string of the molecule is CCNC(=O)C(Cc1ccccc1)N(Cc1cccc(Cl)c1)C(=O)Cc1cc(C)cc(C)c1. The van der Waals surface area contributed by atoms with Gasteiger partial charge in [0.05, 0.1) is 6.42 Å². The van der Waals surface area contributed by atoms with Crippen LogP contribution in [0.2, 0.25) is 5.02 Å². The molecular formula is C28H31ClN2O2. The first kappa shape index (κ1) is 24.5. The molecule has 2 amide bonds. The van der Waals surface area contributed by atoms with E-state index in [9.17, 15) is 9.59 Å². The van der Waals surface area contributed by atoms with E-state index in [1.54, 1.807) is 11.0 Å². The molecule has 3 aromatic rings. The Labute approximate surface area is 201 Å². The van der Waals surface area contributed by atoms with E-state index >= 15 is 0 Å². The van der Waals surface area contributed by atoms with Crippen molar-refractivity contribution in [3.8, 4) is 0 Å². The van der Waals surface area contributed by atoms with Crippen LogP contribution >= 0.6 is 11.6 Å². The van der Waals surface area contributed by atoms with Crippen LogP contribution in [0.1, 0.15) is 34.7 Å². The Morgan fingerprint density at radius 3 is 2.18 bits per heavy atom. The summed E-state index contributed by atoms with van der Waals surface area (Å²) in [4.78, 5) is 28.6. The van der Waals surface area contributed by atoms with Crippen LogP contribution in [0.15, 0.2) is 72.8 Å². The molecular weight excluding hydrogens is 432 g/mol. The van der Waals surface area contributed by atoms with Gasteiger partial charge in [-0.25, -0.2) is 0 Å². The molecule has 0 saturated heterocycles. The minimum absolute atomic E-state index is 0.0906. The zero-order valence-electron chi connectivity index (χ0n) is 19.5. The van der Waals surface area contributed by atoms with Crippen molar-refractivity contribution < 1.29 is 9.59 Å². The lowest BCUT2D eigenvalue weighted by Crippen LogP contribution is -2.50. The maximum atomic E-state index is 13.7. The largest absolute Gasteiger partial charge is 0.355 e. The number of aryl methyl sites for hydroxylation is 2. The molecule has 0 spiro atoms. The van der Waals surface area contributed by atoms with Gasteiger partial charge in [-0.3, -0.25) is 9.59 Å². The third-order valence-corrected chi connectivity index (χ3v) is 5.74. The van der Waals surface area contributed by atoms with E-state index in [0.29, 0.717) is 24.5 Å². The first-order valence-electron chi connectivity index (χ1n) is 11.3. The average molecular weight is 463 g/mol. The van der Waals surface area contributed by atoms with Crippen molar-refractivity contribution in [2.45, 2.75) is 46.2 Å². The predicted octanol–water partition coefficient (Wildman–Crippen LogP) is 5.28. The monoisotopic (exact) mass is 462 g/mol. The van der Waals surface area contributed by atoms with Crippen molar-refractivity contribution >= 4 is 23.4 Å². The van der Waals surface area contributed by atoms with Crippen molar-refractivity contribution in [3.63, 3.8) is 0 Å². The fourth-order valence-electron chi connectivity index (χ4n) is 4.13. The molecule has 3 aromatic carbocycles. The summed E-state index contributed by atoms with van der Waals surface area (Å²) in [7, 11) is 0. The number of amides is 2. The molecule has 0 aromatic heterocycles. The summed E-state index contributed by atoms with van der Waals surface area (Å²) in [6.45, 7) is 6.74. The summed E-state index contributed by atoms with van der Waals surface area (Å²) in [5, 5.41) is 3.53. The Morgan fingerprint density at radius 1 is 0.879 bits per heavy atom. The summed E-state index contributed by atoms with van der Waals surface area (Å²) < 4.78 is 0. The van der Waals surface area contributed by atoms with Gasteiger partial charge in [-0.1, -0.05) is 83.4 Å². The molecule has 0 fully saturated rings. The number of nitrogens with one attached hydrogen (secondary N) is 1. The van der Waals surface area contributed by atoms with Crippen LogP contribution in [0.5, 0.6) is 0 Å². The van der Waals surface area contributed by atoms with E-state index in [-0.39, 0.29) is 18.2 Å². The molecule has 0 aliphatic carbocycles. The second kappa shape index (κ2) is 11.7. The summed E-state index contributed by atoms with van der Waals surface area (Å²) >= 11 is 6.21. The quantitative estimate of drug-likeness (QED) is 0.470. The highest BCUT2D eigenvalue weighted by Crippen LogP contribution is 2.19. The van der Waals surface area contributed by atoms with Gasteiger partial charge < -0.3 is 10.2 Å². The Hall–Kier alpha value is -3.11. The van der Waals surface area contributed by atoms with Crippen LogP contribution in [0.3, 0.4) is 0 Å².